The summed E-state index contributed by atoms with van der Waals surface area (Å²) in [5.41, 5.74) is 5.34. The Morgan fingerprint density at radius 3 is 2.53 bits per heavy atom. The van der Waals surface area contributed by atoms with Crippen molar-refractivity contribution in [1.29, 1.82) is 0 Å². The number of amides is 2. The summed E-state index contributed by atoms with van der Waals surface area (Å²) >= 11 is 0. The van der Waals surface area contributed by atoms with Gasteiger partial charge in [-0.2, -0.15) is 0 Å². The van der Waals surface area contributed by atoms with E-state index >= 15 is 0 Å². The summed E-state index contributed by atoms with van der Waals surface area (Å²) < 4.78 is 5.65. The molecule has 2 fully saturated rings. The van der Waals surface area contributed by atoms with Crippen LogP contribution in [0.4, 0.5) is 0 Å². The zero-order chi connectivity index (χ0) is 13.8. The highest BCUT2D eigenvalue weighted by molar-refractivity contribution is 5.81. The number of nitrogens with zero attached hydrogens (tertiary/aromatic N) is 1. The predicted octanol–water partition coefficient (Wildman–Crippen LogP) is 1.06. The van der Waals surface area contributed by atoms with E-state index in [4.69, 9.17) is 10.5 Å². The SMILES string of the molecule is C[C@H]1CC[C@H](C(N)=O)CN1C(=O)COC1CCCC1. The van der Waals surface area contributed by atoms with Crippen LogP contribution in [0.2, 0.25) is 0 Å². The molecule has 1 aliphatic heterocycles. The van der Waals surface area contributed by atoms with Crippen molar-refractivity contribution >= 4 is 11.8 Å². The van der Waals surface area contributed by atoms with E-state index in [0.29, 0.717) is 6.54 Å². The molecule has 2 rings (SSSR count). The lowest BCUT2D eigenvalue weighted by molar-refractivity contribution is -0.143. The molecule has 5 nitrogen and oxygen atoms in total. The van der Waals surface area contributed by atoms with Gasteiger partial charge in [-0.3, -0.25) is 9.59 Å². The van der Waals surface area contributed by atoms with Crippen LogP contribution in [0.5, 0.6) is 0 Å². The van der Waals surface area contributed by atoms with Gasteiger partial charge in [0.05, 0.1) is 12.0 Å². The molecule has 0 aromatic rings. The lowest BCUT2D eigenvalue weighted by Crippen LogP contribution is -2.49. The molecule has 19 heavy (non-hydrogen) atoms. The Morgan fingerprint density at radius 2 is 1.89 bits per heavy atom. The summed E-state index contributed by atoms with van der Waals surface area (Å²) in [5, 5.41) is 0. The molecular weight excluding hydrogens is 244 g/mol. The van der Waals surface area contributed by atoms with Crippen LogP contribution in [-0.2, 0) is 14.3 Å². The molecule has 0 aromatic heterocycles. The van der Waals surface area contributed by atoms with Crippen LogP contribution in [0, 0.1) is 5.92 Å². The normalized spacial score (nSPS) is 28.6. The first kappa shape index (κ1) is 14.3. The fourth-order valence-corrected chi connectivity index (χ4v) is 3.01. The Labute approximate surface area is 114 Å². The van der Waals surface area contributed by atoms with Gasteiger partial charge in [-0.05, 0) is 32.6 Å². The summed E-state index contributed by atoms with van der Waals surface area (Å²) in [6, 6.07) is 0.176. The van der Waals surface area contributed by atoms with Gasteiger partial charge in [0, 0.05) is 12.6 Å². The molecule has 0 aromatic carbocycles. The second-order valence-electron chi connectivity index (χ2n) is 5.79. The highest BCUT2D eigenvalue weighted by Gasteiger charge is 2.31. The fraction of sp³-hybridized carbons (Fsp3) is 0.857. The van der Waals surface area contributed by atoms with Crippen molar-refractivity contribution in [3.8, 4) is 0 Å². The summed E-state index contributed by atoms with van der Waals surface area (Å²) in [6.45, 7) is 2.61. The number of likely N-dealkylation sites (tertiary alicyclic amines) is 1. The van der Waals surface area contributed by atoms with Gasteiger partial charge in [0.15, 0.2) is 0 Å². The molecule has 2 atom stereocenters. The minimum Gasteiger partial charge on any atom is -0.369 e. The van der Waals surface area contributed by atoms with Crippen LogP contribution in [0.1, 0.15) is 45.4 Å². The molecule has 1 saturated carbocycles. The third-order valence-corrected chi connectivity index (χ3v) is 4.35. The number of hydrogen-bond acceptors (Lipinski definition) is 3. The Bertz CT molecular complexity index is 340. The topological polar surface area (TPSA) is 72.6 Å². The van der Waals surface area contributed by atoms with Crippen LogP contribution in [0.25, 0.3) is 0 Å². The molecule has 0 bridgehead atoms. The van der Waals surface area contributed by atoms with Crippen molar-refractivity contribution in [2.24, 2.45) is 11.7 Å². The third kappa shape index (κ3) is 3.69. The third-order valence-electron chi connectivity index (χ3n) is 4.35. The summed E-state index contributed by atoms with van der Waals surface area (Å²) in [5.74, 6) is -0.515. The maximum atomic E-state index is 12.2. The van der Waals surface area contributed by atoms with Crippen molar-refractivity contribution in [3.05, 3.63) is 0 Å². The van der Waals surface area contributed by atoms with Crippen LogP contribution in [0.15, 0.2) is 0 Å². The van der Waals surface area contributed by atoms with E-state index < -0.39 is 0 Å². The number of piperidine rings is 1. The zero-order valence-corrected chi connectivity index (χ0v) is 11.6. The quantitative estimate of drug-likeness (QED) is 0.828. The number of ether oxygens (including phenoxy) is 1. The molecule has 0 spiro atoms. The van der Waals surface area contributed by atoms with Gasteiger partial charge >= 0.3 is 0 Å². The van der Waals surface area contributed by atoms with Crippen molar-refractivity contribution in [2.45, 2.75) is 57.6 Å². The number of primary amides is 1. The van der Waals surface area contributed by atoms with Gasteiger partial charge in [-0.15, -0.1) is 0 Å². The van der Waals surface area contributed by atoms with Gasteiger partial charge < -0.3 is 15.4 Å². The van der Waals surface area contributed by atoms with E-state index in [0.717, 1.165) is 25.7 Å². The standard InChI is InChI=1S/C14H24N2O3/c1-10-6-7-11(14(15)18)8-16(10)13(17)9-19-12-4-2-3-5-12/h10-12H,2-9H2,1H3,(H2,15,18)/t10-,11-/m0/s1. The second kappa shape index (κ2) is 6.37. The minimum absolute atomic E-state index is 0.00894. The monoisotopic (exact) mass is 268 g/mol. The molecule has 1 saturated heterocycles. The predicted molar refractivity (Wildman–Crippen MR) is 71.3 cm³/mol. The average Bonchev–Trinajstić information content (AvgIpc) is 2.89. The molecule has 5 heteroatoms. The van der Waals surface area contributed by atoms with Crippen molar-refractivity contribution in [3.63, 3.8) is 0 Å². The molecule has 0 unspecified atom stereocenters. The molecule has 2 aliphatic rings. The van der Waals surface area contributed by atoms with Crippen LogP contribution in [-0.4, -0.2) is 42.0 Å². The minimum atomic E-state index is -0.304. The van der Waals surface area contributed by atoms with Gasteiger partial charge in [0.2, 0.25) is 11.8 Å². The zero-order valence-electron chi connectivity index (χ0n) is 11.6. The van der Waals surface area contributed by atoms with Crippen molar-refractivity contribution in [1.82, 2.24) is 4.90 Å². The largest absolute Gasteiger partial charge is 0.369 e. The van der Waals surface area contributed by atoms with Crippen LogP contribution < -0.4 is 5.73 Å². The maximum absolute atomic E-state index is 12.2. The van der Waals surface area contributed by atoms with Crippen molar-refractivity contribution in [2.75, 3.05) is 13.2 Å². The van der Waals surface area contributed by atoms with Crippen molar-refractivity contribution < 1.29 is 14.3 Å². The number of hydrogen-bond donors (Lipinski definition) is 1. The highest BCUT2D eigenvalue weighted by Crippen LogP contribution is 2.23. The van der Waals surface area contributed by atoms with Crippen LogP contribution in [0.3, 0.4) is 0 Å². The smallest absolute Gasteiger partial charge is 0.248 e. The molecule has 108 valence electrons. The summed E-state index contributed by atoms with van der Waals surface area (Å²) in [7, 11) is 0. The first-order chi connectivity index (χ1) is 9.08. The number of rotatable bonds is 4. The lowest BCUT2D eigenvalue weighted by Gasteiger charge is -2.37. The summed E-state index contributed by atoms with van der Waals surface area (Å²) in [6.07, 6.45) is 6.38. The molecular formula is C14H24N2O3. The van der Waals surface area contributed by atoms with E-state index in [-0.39, 0.29) is 36.5 Å². The van der Waals surface area contributed by atoms with Gasteiger partial charge in [0.25, 0.3) is 0 Å². The fourth-order valence-electron chi connectivity index (χ4n) is 3.01. The lowest BCUT2D eigenvalue weighted by atomic mass is 9.93. The van der Waals surface area contributed by atoms with Gasteiger partial charge in [-0.1, -0.05) is 12.8 Å². The van der Waals surface area contributed by atoms with E-state index in [1.54, 1.807) is 4.90 Å². The molecule has 1 heterocycles. The Hall–Kier alpha value is -1.10. The van der Waals surface area contributed by atoms with E-state index in [9.17, 15) is 9.59 Å². The van der Waals surface area contributed by atoms with Crippen LogP contribution >= 0.6 is 0 Å². The van der Waals surface area contributed by atoms with E-state index in [1.807, 2.05) is 6.92 Å². The molecule has 2 N–H and O–H groups in total. The van der Waals surface area contributed by atoms with Gasteiger partial charge in [0.1, 0.15) is 6.61 Å². The highest BCUT2D eigenvalue weighted by atomic mass is 16.5. The molecule has 1 aliphatic carbocycles. The molecule has 0 radical (unpaired) electrons. The first-order valence-electron chi connectivity index (χ1n) is 7.28. The second-order valence-corrected chi connectivity index (χ2v) is 5.79. The number of nitrogens with two attached hydrogens (primary N) is 1. The average molecular weight is 268 g/mol. The first-order valence-corrected chi connectivity index (χ1v) is 7.28. The van der Waals surface area contributed by atoms with E-state index in [2.05, 4.69) is 0 Å². The molecule has 2 amide bonds. The van der Waals surface area contributed by atoms with E-state index in [1.165, 1.54) is 12.8 Å². The Balaban J connectivity index is 1.83. The van der Waals surface area contributed by atoms with Gasteiger partial charge in [-0.25, -0.2) is 0 Å². The Kier molecular flexibility index (Phi) is 4.80. The number of carbonyl (C=O) groups excluding carboxylic acids is 2. The summed E-state index contributed by atoms with van der Waals surface area (Å²) in [4.78, 5) is 25.2. The maximum Gasteiger partial charge on any atom is 0.248 e. The number of carbonyl (C=O) groups is 2. The Morgan fingerprint density at radius 1 is 1.21 bits per heavy atom.